The Balaban J connectivity index is 2.52. The van der Waals surface area contributed by atoms with Gasteiger partial charge in [-0.25, -0.2) is 4.79 Å². The molecule has 0 bridgehead atoms. The predicted octanol–water partition coefficient (Wildman–Crippen LogP) is 0.167. The van der Waals surface area contributed by atoms with Crippen molar-refractivity contribution in [3.8, 4) is 0 Å². The Bertz CT molecular complexity index is 1070. The van der Waals surface area contributed by atoms with Gasteiger partial charge in [-0.3, -0.25) is 23.9 Å². The minimum atomic E-state index is -2.38. The highest BCUT2D eigenvalue weighted by atomic mass is 79.9. The van der Waals surface area contributed by atoms with Crippen LogP contribution in [0.5, 0.6) is 0 Å². The first-order valence-corrected chi connectivity index (χ1v) is 12.4. The molecule has 2 rings (SSSR count). The summed E-state index contributed by atoms with van der Waals surface area (Å²) in [5.74, 6) is -1.54. The van der Waals surface area contributed by atoms with Crippen LogP contribution in [0.1, 0.15) is 58.7 Å². The fourth-order valence-electron chi connectivity index (χ4n) is 4.28. The zero-order valence-corrected chi connectivity index (χ0v) is 21.9. The van der Waals surface area contributed by atoms with Crippen LogP contribution in [0, 0.1) is 11.8 Å². The van der Waals surface area contributed by atoms with Crippen LogP contribution in [0.2, 0.25) is 0 Å². The average molecular weight is 559 g/mol. The molecule has 1 aromatic heterocycles. The van der Waals surface area contributed by atoms with Crippen molar-refractivity contribution in [2.45, 2.75) is 83.1 Å². The van der Waals surface area contributed by atoms with Crippen molar-refractivity contribution in [2.75, 3.05) is 0 Å². The van der Waals surface area contributed by atoms with E-state index < -0.39 is 65.4 Å². The summed E-state index contributed by atoms with van der Waals surface area (Å²) in [6.07, 6.45) is -2.33. The lowest BCUT2D eigenvalue weighted by Crippen LogP contribution is -2.60. The molecule has 0 saturated carbocycles. The van der Waals surface area contributed by atoms with Crippen molar-refractivity contribution in [2.24, 2.45) is 23.3 Å². The van der Waals surface area contributed by atoms with Crippen molar-refractivity contribution in [3.05, 3.63) is 37.6 Å². The number of hydrogen-bond donors (Lipinski definition) is 5. The van der Waals surface area contributed by atoms with E-state index in [2.05, 4.69) is 20.9 Å². The Morgan fingerprint density at radius 1 is 1.23 bits per heavy atom. The summed E-state index contributed by atoms with van der Waals surface area (Å²) in [6, 6.07) is -2.15. The van der Waals surface area contributed by atoms with Gasteiger partial charge in [-0.2, -0.15) is 0 Å². The highest BCUT2D eigenvalue weighted by Gasteiger charge is 2.58. The molecule has 0 amide bonds. The molecule has 196 valence electrons. The van der Waals surface area contributed by atoms with Gasteiger partial charge in [0.05, 0.1) is 17.6 Å². The van der Waals surface area contributed by atoms with Crippen LogP contribution in [0.3, 0.4) is 0 Å². The van der Waals surface area contributed by atoms with Crippen molar-refractivity contribution in [1.29, 1.82) is 0 Å². The maximum absolute atomic E-state index is 13.3. The Kier molecular flexibility index (Phi) is 9.91. The van der Waals surface area contributed by atoms with Crippen LogP contribution in [0.25, 0.3) is 6.08 Å². The molecule has 11 nitrogen and oxygen atoms in total. The van der Waals surface area contributed by atoms with Gasteiger partial charge in [-0.15, -0.1) is 0 Å². The van der Waals surface area contributed by atoms with E-state index in [1.165, 1.54) is 17.3 Å². The molecule has 2 heterocycles. The lowest BCUT2D eigenvalue weighted by molar-refractivity contribution is -0.162. The van der Waals surface area contributed by atoms with E-state index in [9.17, 15) is 29.4 Å². The Hall–Kier alpha value is -1.96. The Labute approximate surface area is 211 Å². The number of Topliss-reactive ketones (excluding diaryl/α,β-unsaturated/α-hetero) is 2. The molecule has 0 spiro atoms. The summed E-state index contributed by atoms with van der Waals surface area (Å²) >= 11 is 3.06. The lowest BCUT2D eigenvalue weighted by Gasteiger charge is -2.32. The molecule has 0 radical (unpaired) electrons. The third kappa shape index (κ3) is 6.63. The summed E-state index contributed by atoms with van der Waals surface area (Å²) in [7, 11) is 0. The van der Waals surface area contributed by atoms with E-state index in [1.54, 1.807) is 0 Å². The SMILES string of the molecule is CC(C)C[C@H](N)C(=O)C(O)[C@H]1O[C@@H](n2cc(/C=C/Br)c(=O)[nH]c2=O)C[C@@]1(O)C(=O)[C@@H](N)CC(C)C. The number of carbonyl (C=O) groups excluding carboxylic acids is 2. The van der Waals surface area contributed by atoms with Crippen LogP contribution in [-0.4, -0.2) is 61.2 Å². The van der Waals surface area contributed by atoms with E-state index in [0.717, 1.165) is 4.57 Å². The highest BCUT2D eigenvalue weighted by Crippen LogP contribution is 2.40. The third-order valence-corrected chi connectivity index (χ3v) is 6.23. The maximum Gasteiger partial charge on any atom is 0.330 e. The number of nitrogens with two attached hydrogens (primary N) is 2. The topological polar surface area (TPSA) is 191 Å². The number of aliphatic hydroxyl groups excluding tert-OH is 1. The van der Waals surface area contributed by atoms with Crippen LogP contribution >= 0.6 is 15.9 Å². The summed E-state index contributed by atoms with van der Waals surface area (Å²) in [6.45, 7) is 7.41. The molecule has 1 saturated heterocycles. The molecule has 1 fully saturated rings. The molecule has 1 aliphatic heterocycles. The lowest BCUT2D eigenvalue weighted by atomic mass is 9.80. The van der Waals surface area contributed by atoms with Gasteiger partial charge in [0, 0.05) is 12.6 Å². The monoisotopic (exact) mass is 558 g/mol. The van der Waals surface area contributed by atoms with E-state index >= 15 is 0 Å². The van der Waals surface area contributed by atoms with E-state index in [4.69, 9.17) is 16.2 Å². The number of ether oxygens (including phenoxy) is 1. The molecule has 1 aromatic rings. The van der Waals surface area contributed by atoms with Gasteiger partial charge in [0.25, 0.3) is 5.56 Å². The number of nitrogens with zero attached hydrogens (tertiary/aromatic N) is 1. The first-order chi connectivity index (χ1) is 16.2. The summed E-state index contributed by atoms with van der Waals surface area (Å²) < 4.78 is 6.77. The number of carbonyl (C=O) groups is 2. The number of ketones is 2. The van der Waals surface area contributed by atoms with Crippen molar-refractivity contribution in [1.82, 2.24) is 9.55 Å². The van der Waals surface area contributed by atoms with Crippen molar-refractivity contribution in [3.63, 3.8) is 0 Å². The van der Waals surface area contributed by atoms with Gasteiger partial charge >= 0.3 is 5.69 Å². The van der Waals surface area contributed by atoms with Crippen LogP contribution < -0.4 is 22.7 Å². The second-order valence-corrected chi connectivity index (χ2v) is 10.4. The molecule has 7 N–H and O–H groups in total. The molecule has 1 unspecified atom stereocenters. The number of aromatic nitrogens is 2. The van der Waals surface area contributed by atoms with E-state index in [1.807, 2.05) is 27.7 Å². The van der Waals surface area contributed by atoms with Gasteiger partial charge in [0.2, 0.25) is 0 Å². The largest absolute Gasteiger partial charge is 0.382 e. The molecule has 12 heteroatoms. The zero-order valence-electron chi connectivity index (χ0n) is 20.3. The molecular formula is C23H35BrN4O7. The number of halogens is 1. The molecular weight excluding hydrogens is 524 g/mol. The number of aliphatic hydroxyl groups is 2. The van der Waals surface area contributed by atoms with Gasteiger partial charge in [0.1, 0.15) is 18.4 Å². The van der Waals surface area contributed by atoms with Crippen LogP contribution in [0.4, 0.5) is 0 Å². The Morgan fingerprint density at radius 2 is 1.80 bits per heavy atom. The van der Waals surface area contributed by atoms with E-state index in [-0.39, 0.29) is 30.2 Å². The fourth-order valence-corrected chi connectivity index (χ4v) is 4.57. The normalized spacial score (nSPS) is 25.3. The maximum atomic E-state index is 13.3. The molecule has 6 atom stereocenters. The van der Waals surface area contributed by atoms with E-state index in [0.29, 0.717) is 0 Å². The quantitative estimate of drug-likeness (QED) is 0.251. The third-order valence-electron chi connectivity index (χ3n) is 5.97. The second kappa shape index (κ2) is 11.8. The van der Waals surface area contributed by atoms with Crippen molar-refractivity contribution >= 4 is 33.6 Å². The summed E-state index contributed by atoms with van der Waals surface area (Å²) in [5, 5.41) is 22.4. The molecule has 0 aromatic carbocycles. The number of hydrogen-bond acceptors (Lipinski definition) is 9. The standard InChI is InChI=1S/C23H35BrN4O7/c1-11(2)7-14(25)17(29)18(30)20-23(34,19(31)15(26)8-12(3)4)9-16(35-20)28-10-13(5-6-24)21(32)27-22(28)33/h5-6,10-12,14-16,18,20,30,34H,7-9,25-26H2,1-4H3,(H,27,32,33)/b6-5+/t14-,15-,16+,18?,20+,23+/m0/s1. The van der Waals surface area contributed by atoms with Gasteiger partial charge in [-0.05, 0) is 35.7 Å². The highest BCUT2D eigenvalue weighted by molar-refractivity contribution is 9.11. The summed E-state index contributed by atoms with van der Waals surface area (Å²) in [5.41, 5.74) is 8.21. The number of rotatable bonds is 11. The minimum absolute atomic E-state index is 0.0283. The second-order valence-electron chi connectivity index (χ2n) is 9.87. The van der Waals surface area contributed by atoms with Gasteiger partial charge < -0.3 is 26.4 Å². The zero-order chi connectivity index (χ0) is 26.7. The smallest absolute Gasteiger partial charge is 0.330 e. The van der Waals surface area contributed by atoms with Crippen LogP contribution in [-0.2, 0) is 14.3 Å². The molecule has 1 aliphatic rings. The Morgan fingerprint density at radius 3 is 2.34 bits per heavy atom. The fraction of sp³-hybridized carbons (Fsp3) is 0.652. The van der Waals surface area contributed by atoms with Gasteiger partial charge in [-0.1, -0.05) is 43.6 Å². The molecule has 0 aliphatic carbocycles. The molecule has 35 heavy (non-hydrogen) atoms. The first kappa shape index (κ1) is 29.3. The van der Waals surface area contributed by atoms with Crippen LogP contribution in [0.15, 0.2) is 20.8 Å². The van der Waals surface area contributed by atoms with Gasteiger partial charge in [0.15, 0.2) is 17.2 Å². The number of nitrogens with one attached hydrogen (secondary N) is 1. The summed E-state index contributed by atoms with van der Waals surface area (Å²) in [4.78, 5) is 54.3. The van der Waals surface area contributed by atoms with Crippen molar-refractivity contribution < 1.29 is 24.5 Å². The average Bonchev–Trinajstić information content (AvgIpc) is 3.11. The first-order valence-electron chi connectivity index (χ1n) is 11.5. The minimum Gasteiger partial charge on any atom is -0.382 e. The number of H-pyrrole nitrogens is 1. The number of aromatic amines is 1. The predicted molar refractivity (Wildman–Crippen MR) is 134 cm³/mol.